The van der Waals surface area contributed by atoms with Crippen LogP contribution in [0.3, 0.4) is 0 Å². The minimum Gasteiger partial charge on any atom is -0.497 e. The second-order valence-corrected chi connectivity index (χ2v) is 5.93. The molecule has 0 aliphatic carbocycles. The summed E-state index contributed by atoms with van der Waals surface area (Å²) in [7, 11) is 3.64. The van der Waals surface area contributed by atoms with Crippen molar-refractivity contribution in [3.8, 4) is 5.75 Å². The first-order valence-corrected chi connectivity index (χ1v) is 8.11. The van der Waals surface area contributed by atoms with Gasteiger partial charge in [-0.15, -0.1) is 0 Å². The van der Waals surface area contributed by atoms with E-state index in [1.807, 2.05) is 44.1 Å². The molecule has 0 amide bonds. The Bertz CT molecular complexity index is 526. The van der Waals surface area contributed by atoms with Crippen LogP contribution in [-0.2, 0) is 0 Å². The third kappa shape index (κ3) is 7.17. The van der Waals surface area contributed by atoms with E-state index in [1.54, 1.807) is 7.11 Å². The number of hydrogen-bond acceptors (Lipinski definition) is 4. The Morgan fingerprint density at radius 2 is 2.13 bits per heavy atom. The summed E-state index contributed by atoms with van der Waals surface area (Å²) in [5.41, 5.74) is 2.36. The number of allylic oxidation sites excluding steroid dienone is 1. The fourth-order valence-electron chi connectivity index (χ4n) is 2.08. The Balaban J connectivity index is 2.69. The average molecular weight is 318 g/mol. The van der Waals surface area contributed by atoms with Crippen molar-refractivity contribution >= 4 is 5.69 Å². The van der Waals surface area contributed by atoms with E-state index >= 15 is 0 Å². The topological polar surface area (TPSA) is 49.2 Å². The lowest BCUT2D eigenvalue weighted by molar-refractivity contribution is 0.312. The molecular weight excluding hydrogens is 288 g/mol. The molecule has 0 saturated heterocycles. The molecule has 0 heterocycles. The third-order valence-electron chi connectivity index (χ3n) is 3.59. The molecule has 0 fully saturated rings. The van der Waals surface area contributed by atoms with E-state index in [2.05, 4.69) is 41.6 Å². The van der Waals surface area contributed by atoms with Crippen LogP contribution in [0.1, 0.15) is 34.1 Å². The Kier molecular flexibility index (Phi) is 8.16. The molecule has 1 N–H and O–H groups in total. The molecule has 1 rings (SSSR count). The summed E-state index contributed by atoms with van der Waals surface area (Å²) in [4.78, 5) is 0. The van der Waals surface area contributed by atoms with Gasteiger partial charge in [0.1, 0.15) is 5.75 Å². The molecule has 1 atom stereocenters. The van der Waals surface area contributed by atoms with Crippen LogP contribution in [0, 0.1) is 0 Å². The van der Waals surface area contributed by atoms with E-state index in [-0.39, 0.29) is 12.1 Å². The third-order valence-corrected chi connectivity index (χ3v) is 3.59. The van der Waals surface area contributed by atoms with Crippen LogP contribution in [-0.4, -0.2) is 37.8 Å². The number of methoxy groups -OCH3 is 1. The van der Waals surface area contributed by atoms with Crippen LogP contribution in [0.2, 0.25) is 0 Å². The largest absolute Gasteiger partial charge is 0.497 e. The van der Waals surface area contributed by atoms with Gasteiger partial charge in [0, 0.05) is 31.4 Å². The lowest BCUT2D eigenvalue weighted by atomic mass is 10.0. The smallest absolute Gasteiger partial charge is 0.120 e. The summed E-state index contributed by atoms with van der Waals surface area (Å²) >= 11 is 0. The Labute approximate surface area is 140 Å². The van der Waals surface area contributed by atoms with Gasteiger partial charge in [-0.1, -0.05) is 22.9 Å². The molecule has 0 radical (unpaired) electrons. The van der Waals surface area contributed by atoms with Gasteiger partial charge in [-0.3, -0.25) is 5.01 Å². The van der Waals surface area contributed by atoms with Crippen LogP contribution < -0.4 is 10.1 Å². The maximum Gasteiger partial charge on any atom is 0.120 e. The fourth-order valence-corrected chi connectivity index (χ4v) is 2.08. The lowest BCUT2D eigenvalue weighted by Gasteiger charge is -2.23. The van der Waals surface area contributed by atoms with Gasteiger partial charge in [0.15, 0.2) is 0 Å². The van der Waals surface area contributed by atoms with Crippen molar-refractivity contribution in [1.29, 1.82) is 0 Å². The molecule has 0 aliphatic rings. The first kappa shape index (κ1) is 19.0. The zero-order valence-corrected chi connectivity index (χ0v) is 15.2. The van der Waals surface area contributed by atoms with Crippen molar-refractivity contribution in [3.05, 3.63) is 35.9 Å². The molecular formula is C18H30N4O. The molecule has 0 spiro atoms. The lowest BCUT2D eigenvalue weighted by Crippen LogP contribution is -2.26. The fraction of sp³-hybridized carbons (Fsp3) is 0.556. The number of benzene rings is 1. The van der Waals surface area contributed by atoms with Gasteiger partial charge in [0.05, 0.1) is 13.2 Å². The highest BCUT2D eigenvalue weighted by Gasteiger charge is 2.12. The maximum atomic E-state index is 5.29. The zero-order valence-electron chi connectivity index (χ0n) is 15.2. The molecule has 5 nitrogen and oxygen atoms in total. The quantitative estimate of drug-likeness (QED) is 0.413. The van der Waals surface area contributed by atoms with Gasteiger partial charge in [-0.25, -0.2) is 0 Å². The van der Waals surface area contributed by atoms with Gasteiger partial charge in [0.25, 0.3) is 0 Å². The SMILES string of the molecule is C/C=C(\C)C(CCN(C)N=NC(C)C)Nc1cccc(OC)c1. The molecule has 0 aromatic heterocycles. The number of nitrogens with one attached hydrogen (secondary N) is 1. The first-order chi connectivity index (χ1) is 11.0. The predicted molar refractivity (Wildman–Crippen MR) is 97.1 cm³/mol. The summed E-state index contributed by atoms with van der Waals surface area (Å²) in [5, 5.41) is 13.8. The monoisotopic (exact) mass is 318 g/mol. The number of ether oxygens (including phenoxy) is 1. The minimum atomic E-state index is 0.223. The van der Waals surface area contributed by atoms with Crippen molar-refractivity contribution in [2.45, 2.75) is 46.2 Å². The Morgan fingerprint density at radius 1 is 1.39 bits per heavy atom. The van der Waals surface area contributed by atoms with E-state index in [0.29, 0.717) is 0 Å². The first-order valence-electron chi connectivity index (χ1n) is 8.11. The second-order valence-electron chi connectivity index (χ2n) is 5.93. The minimum absolute atomic E-state index is 0.223. The summed E-state index contributed by atoms with van der Waals surface area (Å²) < 4.78 is 5.29. The van der Waals surface area contributed by atoms with Crippen LogP contribution in [0.4, 0.5) is 5.69 Å². The van der Waals surface area contributed by atoms with E-state index in [9.17, 15) is 0 Å². The number of hydrogen-bond donors (Lipinski definition) is 1. The molecule has 23 heavy (non-hydrogen) atoms. The maximum absolute atomic E-state index is 5.29. The summed E-state index contributed by atoms with van der Waals surface area (Å²) in [6.07, 6.45) is 3.09. The molecule has 0 bridgehead atoms. The van der Waals surface area contributed by atoms with Crippen molar-refractivity contribution in [2.75, 3.05) is 26.0 Å². The summed E-state index contributed by atoms with van der Waals surface area (Å²) in [6, 6.07) is 8.48. The Morgan fingerprint density at radius 3 is 2.74 bits per heavy atom. The Hall–Kier alpha value is -2.04. The molecule has 0 aliphatic heterocycles. The van der Waals surface area contributed by atoms with Crippen molar-refractivity contribution in [3.63, 3.8) is 0 Å². The van der Waals surface area contributed by atoms with Crippen molar-refractivity contribution < 1.29 is 4.74 Å². The van der Waals surface area contributed by atoms with E-state index in [0.717, 1.165) is 24.4 Å². The molecule has 5 heteroatoms. The highest BCUT2D eigenvalue weighted by molar-refractivity contribution is 5.50. The van der Waals surface area contributed by atoms with E-state index < -0.39 is 0 Å². The second kappa shape index (κ2) is 9.87. The van der Waals surface area contributed by atoms with Crippen molar-refractivity contribution in [2.24, 2.45) is 10.3 Å². The summed E-state index contributed by atoms with van der Waals surface area (Å²) in [5.74, 6) is 0.856. The van der Waals surface area contributed by atoms with Gasteiger partial charge < -0.3 is 10.1 Å². The van der Waals surface area contributed by atoms with Gasteiger partial charge >= 0.3 is 0 Å². The van der Waals surface area contributed by atoms with E-state index in [4.69, 9.17) is 4.74 Å². The average Bonchev–Trinajstić information content (AvgIpc) is 2.56. The normalized spacial score (nSPS) is 13.4. The highest BCUT2D eigenvalue weighted by atomic mass is 16.5. The van der Waals surface area contributed by atoms with Crippen LogP contribution in [0.5, 0.6) is 5.75 Å². The van der Waals surface area contributed by atoms with Gasteiger partial charge in [-0.05, 0) is 46.2 Å². The van der Waals surface area contributed by atoms with Crippen LogP contribution in [0.15, 0.2) is 46.3 Å². The molecule has 1 unspecified atom stereocenters. The van der Waals surface area contributed by atoms with Crippen molar-refractivity contribution in [1.82, 2.24) is 5.01 Å². The number of rotatable bonds is 9. The highest BCUT2D eigenvalue weighted by Crippen LogP contribution is 2.20. The zero-order chi connectivity index (χ0) is 17.2. The molecule has 0 saturated carbocycles. The van der Waals surface area contributed by atoms with E-state index in [1.165, 1.54) is 5.57 Å². The van der Waals surface area contributed by atoms with Gasteiger partial charge in [-0.2, -0.15) is 5.11 Å². The molecule has 1 aromatic carbocycles. The van der Waals surface area contributed by atoms with Crippen LogP contribution >= 0.6 is 0 Å². The number of anilines is 1. The number of nitrogens with zero attached hydrogens (tertiary/aromatic N) is 3. The standard InChI is InChI=1S/C18H30N4O/c1-7-15(4)18(11-12-22(5)21-20-14(2)3)19-16-9-8-10-17(13-16)23-6/h7-10,13-14,18-19H,11-12H2,1-6H3/b15-7+,21-20?. The van der Waals surface area contributed by atoms with Crippen LogP contribution in [0.25, 0.3) is 0 Å². The van der Waals surface area contributed by atoms with Gasteiger partial charge in [0.2, 0.25) is 0 Å². The predicted octanol–water partition coefficient (Wildman–Crippen LogP) is 4.54. The molecule has 1 aromatic rings. The molecule has 128 valence electrons. The summed E-state index contributed by atoms with van der Waals surface area (Å²) in [6.45, 7) is 9.09.